The molecule has 2 fully saturated rings. The molecule has 0 aromatic carbocycles. The van der Waals surface area contributed by atoms with Crippen LogP contribution < -0.4 is 0 Å². The number of hydrogen-bond donors (Lipinski definition) is 0. The topological polar surface area (TPSA) is 49.9 Å². The van der Waals surface area contributed by atoms with E-state index in [-0.39, 0.29) is 30.5 Å². The maximum atomic E-state index is 12.2. The van der Waals surface area contributed by atoms with Crippen molar-refractivity contribution in [1.82, 2.24) is 9.80 Å². The number of carbonyl (C=O) groups excluding carboxylic acids is 2. The summed E-state index contributed by atoms with van der Waals surface area (Å²) in [6.07, 6.45) is 3.88. The van der Waals surface area contributed by atoms with Crippen LogP contribution in [-0.2, 0) is 14.3 Å². The van der Waals surface area contributed by atoms with Crippen LogP contribution in [0.3, 0.4) is 0 Å². The van der Waals surface area contributed by atoms with Crippen molar-refractivity contribution in [2.75, 3.05) is 26.2 Å². The summed E-state index contributed by atoms with van der Waals surface area (Å²) < 4.78 is 5.47. The highest BCUT2D eigenvalue weighted by molar-refractivity contribution is 5.95. The number of nitrogens with zero attached hydrogens (tertiary/aromatic N) is 2. The number of hydrogen-bond acceptors (Lipinski definition) is 3. The van der Waals surface area contributed by atoms with E-state index >= 15 is 0 Å². The zero-order valence-corrected chi connectivity index (χ0v) is 11.9. The molecule has 0 N–H and O–H groups in total. The highest BCUT2D eigenvalue weighted by atomic mass is 16.5. The molecule has 5 nitrogen and oxygen atoms in total. The predicted octanol–water partition coefficient (Wildman–Crippen LogP) is 1.02. The van der Waals surface area contributed by atoms with Gasteiger partial charge >= 0.3 is 0 Å². The quantitative estimate of drug-likeness (QED) is 0.676. The van der Waals surface area contributed by atoms with E-state index in [1.165, 1.54) is 0 Å². The van der Waals surface area contributed by atoms with Gasteiger partial charge in [-0.25, -0.2) is 0 Å². The minimum Gasteiger partial charge on any atom is -0.379 e. The van der Waals surface area contributed by atoms with E-state index in [0.717, 1.165) is 38.8 Å². The fourth-order valence-electron chi connectivity index (χ4n) is 2.78. The summed E-state index contributed by atoms with van der Waals surface area (Å²) in [5, 5.41) is 0. The van der Waals surface area contributed by atoms with E-state index in [9.17, 15) is 9.59 Å². The van der Waals surface area contributed by atoms with E-state index < -0.39 is 0 Å². The van der Waals surface area contributed by atoms with Gasteiger partial charge < -0.3 is 14.5 Å². The van der Waals surface area contributed by atoms with Crippen molar-refractivity contribution < 1.29 is 14.3 Å². The molecule has 0 saturated carbocycles. The summed E-state index contributed by atoms with van der Waals surface area (Å²) in [6, 6.07) is -0.173. The second-order valence-electron chi connectivity index (χ2n) is 5.63. The fourth-order valence-corrected chi connectivity index (χ4v) is 2.78. The molecule has 19 heavy (non-hydrogen) atoms. The van der Waals surface area contributed by atoms with Crippen molar-refractivity contribution >= 4 is 11.8 Å². The van der Waals surface area contributed by atoms with Gasteiger partial charge in [0.05, 0.1) is 12.6 Å². The van der Waals surface area contributed by atoms with Crippen LogP contribution in [0.5, 0.6) is 0 Å². The maximum absolute atomic E-state index is 12.2. The minimum absolute atomic E-state index is 0.112. The van der Waals surface area contributed by atoms with Crippen LogP contribution >= 0.6 is 0 Å². The predicted molar refractivity (Wildman–Crippen MR) is 71.6 cm³/mol. The first kappa shape index (κ1) is 14.3. The van der Waals surface area contributed by atoms with Crippen LogP contribution in [0.25, 0.3) is 0 Å². The molecule has 1 unspecified atom stereocenters. The SMILES string of the molecule is CC(C)OCCCCN1CC(=O)N2CCCC2C1=O. The van der Waals surface area contributed by atoms with Gasteiger partial charge in [-0.05, 0) is 39.5 Å². The Kier molecular flexibility index (Phi) is 4.80. The number of carbonyl (C=O) groups is 2. The van der Waals surface area contributed by atoms with Crippen LogP contribution in [-0.4, -0.2) is 60.0 Å². The Hall–Kier alpha value is -1.10. The van der Waals surface area contributed by atoms with E-state index in [4.69, 9.17) is 4.74 Å². The lowest BCUT2D eigenvalue weighted by atomic mass is 10.1. The normalized spacial score (nSPS) is 23.4. The third-order valence-electron chi connectivity index (χ3n) is 3.77. The number of ether oxygens (including phenoxy) is 1. The lowest BCUT2D eigenvalue weighted by Crippen LogP contribution is -2.57. The third kappa shape index (κ3) is 3.47. The van der Waals surface area contributed by atoms with Crippen molar-refractivity contribution in [3.05, 3.63) is 0 Å². The van der Waals surface area contributed by atoms with Crippen LogP contribution in [0.2, 0.25) is 0 Å². The van der Waals surface area contributed by atoms with Gasteiger partial charge in [-0.15, -0.1) is 0 Å². The molecule has 108 valence electrons. The van der Waals surface area contributed by atoms with Crippen LogP contribution in [0.15, 0.2) is 0 Å². The Morgan fingerprint density at radius 2 is 2.11 bits per heavy atom. The Labute approximate surface area is 114 Å². The summed E-state index contributed by atoms with van der Waals surface area (Å²) in [5.41, 5.74) is 0. The average Bonchev–Trinajstić information content (AvgIpc) is 2.84. The van der Waals surface area contributed by atoms with E-state index in [2.05, 4.69) is 0 Å². The van der Waals surface area contributed by atoms with Crippen LogP contribution in [0.4, 0.5) is 0 Å². The summed E-state index contributed by atoms with van der Waals surface area (Å²) >= 11 is 0. The number of amides is 2. The molecule has 0 aromatic rings. The molecular formula is C14H24N2O3. The number of unbranched alkanes of at least 4 members (excludes halogenated alkanes) is 1. The first-order chi connectivity index (χ1) is 9.09. The monoisotopic (exact) mass is 268 g/mol. The van der Waals surface area contributed by atoms with Gasteiger partial charge in [0.15, 0.2) is 0 Å². The maximum Gasteiger partial charge on any atom is 0.245 e. The molecule has 2 amide bonds. The lowest BCUT2D eigenvalue weighted by Gasteiger charge is -2.36. The Morgan fingerprint density at radius 3 is 2.84 bits per heavy atom. The fraction of sp³-hybridized carbons (Fsp3) is 0.857. The molecule has 5 heteroatoms. The molecule has 2 rings (SSSR count). The first-order valence-electron chi connectivity index (χ1n) is 7.29. The second kappa shape index (κ2) is 6.37. The Bertz CT molecular complexity index is 344. The molecule has 2 heterocycles. The van der Waals surface area contributed by atoms with E-state index in [0.29, 0.717) is 6.54 Å². The standard InChI is InChI=1S/C14H24N2O3/c1-11(2)19-9-4-3-7-15-10-13(17)16-8-5-6-12(16)14(15)18/h11-12H,3-10H2,1-2H3. The molecular weight excluding hydrogens is 244 g/mol. The van der Waals surface area contributed by atoms with E-state index in [1.807, 2.05) is 13.8 Å². The second-order valence-corrected chi connectivity index (χ2v) is 5.63. The van der Waals surface area contributed by atoms with Gasteiger partial charge in [0.2, 0.25) is 11.8 Å². The van der Waals surface area contributed by atoms with Gasteiger partial charge in [0, 0.05) is 19.7 Å². The van der Waals surface area contributed by atoms with Gasteiger partial charge in [-0.2, -0.15) is 0 Å². The first-order valence-corrected chi connectivity index (χ1v) is 7.29. The molecule has 0 radical (unpaired) electrons. The highest BCUT2D eigenvalue weighted by Gasteiger charge is 2.41. The summed E-state index contributed by atoms with van der Waals surface area (Å²) in [6.45, 7) is 6.45. The summed E-state index contributed by atoms with van der Waals surface area (Å²) in [5.74, 6) is 0.252. The molecule has 0 aliphatic carbocycles. The number of rotatable bonds is 6. The zero-order chi connectivity index (χ0) is 13.8. The van der Waals surface area contributed by atoms with Gasteiger partial charge in [-0.3, -0.25) is 9.59 Å². The molecule has 0 bridgehead atoms. The average molecular weight is 268 g/mol. The zero-order valence-electron chi connectivity index (χ0n) is 11.9. The van der Waals surface area contributed by atoms with Crippen molar-refractivity contribution in [2.45, 2.75) is 51.7 Å². The lowest BCUT2D eigenvalue weighted by molar-refractivity contribution is -0.153. The van der Waals surface area contributed by atoms with Gasteiger partial charge in [0.1, 0.15) is 6.04 Å². The summed E-state index contributed by atoms with van der Waals surface area (Å²) in [4.78, 5) is 27.6. The van der Waals surface area contributed by atoms with Gasteiger partial charge in [0.25, 0.3) is 0 Å². The van der Waals surface area contributed by atoms with Crippen LogP contribution in [0, 0.1) is 0 Å². The largest absolute Gasteiger partial charge is 0.379 e. The van der Waals surface area contributed by atoms with Crippen molar-refractivity contribution in [3.63, 3.8) is 0 Å². The Morgan fingerprint density at radius 1 is 1.32 bits per heavy atom. The van der Waals surface area contributed by atoms with E-state index in [1.54, 1.807) is 9.80 Å². The molecule has 0 spiro atoms. The highest BCUT2D eigenvalue weighted by Crippen LogP contribution is 2.23. The third-order valence-corrected chi connectivity index (χ3v) is 3.77. The molecule has 2 aliphatic rings. The Balaban J connectivity index is 1.74. The van der Waals surface area contributed by atoms with Crippen molar-refractivity contribution in [2.24, 2.45) is 0 Å². The minimum atomic E-state index is -0.173. The number of fused-ring (bicyclic) bond motifs is 1. The smallest absolute Gasteiger partial charge is 0.245 e. The molecule has 1 atom stereocenters. The molecule has 2 saturated heterocycles. The molecule has 0 aromatic heterocycles. The summed E-state index contributed by atoms with van der Waals surface area (Å²) in [7, 11) is 0. The van der Waals surface area contributed by atoms with Gasteiger partial charge in [-0.1, -0.05) is 0 Å². The number of piperazine rings is 1. The van der Waals surface area contributed by atoms with Crippen molar-refractivity contribution in [1.29, 1.82) is 0 Å². The van der Waals surface area contributed by atoms with Crippen molar-refractivity contribution in [3.8, 4) is 0 Å². The molecule has 2 aliphatic heterocycles. The van der Waals surface area contributed by atoms with Crippen LogP contribution in [0.1, 0.15) is 39.5 Å².